The predicted octanol–water partition coefficient (Wildman–Crippen LogP) is 3.22. The lowest BCUT2D eigenvalue weighted by Gasteiger charge is -2.01. The van der Waals surface area contributed by atoms with Crippen LogP contribution in [0.5, 0.6) is 0 Å². The van der Waals surface area contributed by atoms with Crippen molar-refractivity contribution in [3.63, 3.8) is 0 Å². The smallest absolute Gasteiger partial charge is 0.153 e. The van der Waals surface area contributed by atoms with E-state index in [2.05, 4.69) is 12.0 Å². The van der Waals surface area contributed by atoms with Gasteiger partial charge in [-0.2, -0.15) is 5.10 Å². The standard InChI is InChI=1S/C14H15FN2O/c1-3-6-17-8-13(10(2)16-17)11-4-5-14(15)12(7-11)9-18/h4-5,7-9H,3,6H2,1-2H3. The third-order valence-electron chi connectivity index (χ3n) is 2.83. The molecule has 0 saturated carbocycles. The normalized spacial score (nSPS) is 10.6. The first-order valence-electron chi connectivity index (χ1n) is 5.95. The van der Waals surface area contributed by atoms with Crippen molar-refractivity contribution in [3.05, 3.63) is 41.5 Å². The number of nitrogens with zero attached hydrogens (tertiary/aromatic N) is 2. The second-order valence-electron chi connectivity index (χ2n) is 4.25. The summed E-state index contributed by atoms with van der Waals surface area (Å²) >= 11 is 0. The Morgan fingerprint density at radius 1 is 1.44 bits per heavy atom. The molecule has 0 amide bonds. The number of aromatic nitrogens is 2. The first kappa shape index (κ1) is 12.5. The van der Waals surface area contributed by atoms with Crippen molar-refractivity contribution in [1.82, 2.24) is 9.78 Å². The first-order chi connectivity index (χ1) is 8.65. The Morgan fingerprint density at radius 3 is 2.89 bits per heavy atom. The molecule has 0 bridgehead atoms. The molecule has 0 saturated heterocycles. The lowest BCUT2D eigenvalue weighted by Crippen LogP contribution is -1.96. The lowest BCUT2D eigenvalue weighted by molar-refractivity contribution is 0.112. The van der Waals surface area contributed by atoms with E-state index in [0.29, 0.717) is 6.29 Å². The molecule has 3 nitrogen and oxygen atoms in total. The van der Waals surface area contributed by atoms with E-state index in [4.69, 9.17) is 0 Å². The fraction of sp³-hybridized carbons (Fsp3) is 0.286. The molecule has 4 heteroatoms. The van der Waals surface area contributed by atoms with Crippen LogP contribution in [-0.2, 0) is 6.54 Å². The van der Waals surface area contributed by atoms with Gasteiger partial charge in [-0.1, -0.05) is 13.0 Å². The highest BCUT2D eigenvalue weighted by Gasteiger charge is 2.09. The topological polar surface area (TPSA) is 34.9 Å². The Bertz CT molecular complexity index is 575. The van der Waals surface area contributed by atoms with Gasteiger partial charge in [0.15, 0.2) is 6.29 Å². The summed E-state index contributed by atoms with van der Waals surface area (Å²) in [7, 11) is 0. The summed E-state index contributed by atoms with van der Waals surface area (Å²) in [6.07, 6.45) is 3.47. The molecule has 0 N–H and O–H groups in total. The zero-order valence-corrected chi connectivity index (χ0v) is 10.5. The Kier molecular flexibility index (Phi) is 3.55. The number of carbonyl (C=O) groups is 1. The van der Waals surface area contributed by atoms with Crippen LogP contribution in [0.1, 0.15) is 29.4 Å². The third-order valence-corrected chi connectivity index (χ3v) is 2.83. The molecule has 0 fully saturated rings. The maximum atomic E-state index is 13.3. The maximum absolute atomic E-state index is 13.3. The van der Waals surface area contributed by atoms with Gasteiger partial charge in [0, 0.05) is 18.3 Å². The number of carbonyl (C=O) groups excluding carboxylic acids is 1. The summed E-state index contributed by atoms with van der Waals surface area (Å²) in [4.78, 5) is 10.7. The van der Waals surface area contributed by atoms with Crippen LogP contribution >= 0.6 is 0 Å². The first-order valence-corrected chi connectivity index (χ1v) is 5.95. The Labute approximate surface area is 105 Å². The Balaban J connectivity index is 2.44. The molecular formula is C14H15FN2O. The van der Waals surface area contributed by atoms with E-state index in [1.54, 1.807) is 12.1 Å². The summed E-state index contributed by atoms with van der Waals surface area (Å²) in [6, 6.07) is 4.54. The van der Waals surface area contributed by atoms with Crippen molar-refractivity contribution < 1.29 is 9.18 Å². The molecule has 1 heterocycles. The molecular weight excluding hydrogens is 231 g/mol. The Morgan fingerprint density at radius 2 is 2.22 bits per heavy atom. The van der Waals surface area contributed by atoms with Crippen LogP contribution in [0.3, 0.4) is 0 Å². The van der Waals surface area contributed by atoms with Crippen molar-refractivity contribution in [2.24, 2.45) is 0 Å². The van der Waals surface area contributed by atoms with Crippen molar-refractivity contribution in [2.75, 3.05) is 0 Å². The van der Waals surface area contributed by atoms with E-state index < -0.39 is 5.82 Å². The van der Waals surface area contributed by atoms with E-state index in [9.17, 15) is 9.18 Å². The van der Waals surface area contributed by atoms with E-state index in [0.717, 1.165) is 29.8 Å². The summed E-state index contributed by atoms with van der Waals surface area (Å²) < 4.78 is 15.1. The molecule has 18 heavy (non-hydrogen) atoms. The van der Waals surface area contributed by atoms with Crippen molar-refractivity contribution in [1.29, 1.82) is 0 Å². The maximum Gasteiger partial charge on any atom is 0.153 e. The van der Waals surface area contributed by atoms with Crippen molar-refractivity contribution >= 4 is 6.29 Å². The molecule has 94 valence electrons. The summed E-state index contributed by atoms with van der Waals surface area (Å²) in [5, 5.41) is 4.39. The van der Waals surface area contributed by atoms with Crippen LogP contribution in [0, 0.1) is 12.7 Å². The minimum Gasteiger partial charge on any atom is -0.298 e. The van der Waals surface area contributed by atoms with E-state index >= 15 is 0 Å². The number of hydrogen-bond donors (Lipinski definition) is 0. The average Bonchev–Trinajstić information content (AvgIpc) is 2.71. The quantitative estimate of drug-likeness (QED) is 0.776. The van der Waals surface area contributed by atoms with Gasteiger partial charge in [-0.3, -0.25) is 9.48 Å². The molecule has 0 spiro atoms. The molecule has 0 unspecified atom stereocenters. The van der Waals surface area contributed by atoms with Gasteiger partial charge in [0.25, 0.3) is 0 Å². The molecule has 0 atom stereocenters. The Hall–Kier alpha value is -1.97. The minimum absolute atomic E-state index is 0.0788. The number of benzene rings is 1. The highest BCUT2D eigenvalue weighted by Crippen LogP contribution is 2.24. The average molecular weight is 246 g/mol. The zero-order valence-electron chi connectivity index (χ0n) is 10.5. The number of aldehydes is 1. The molecule has 0 aliphatic heterocycles. The molecule has 1 aromatic heterocycles. The fourth-order valence-electron chi connectivity index (χ4n) is 1.95. The van der Waals surface area contributed by atoms with Crippen LogP contribution in [0.4, 0.5) is 4.39 Å². The van der Waals surface area contributed by atoms with E-state index in [-0.39, 0.29) is 5.56 Å². The monoisotopic (exact) mass is 246 g/mol. The third kappa shape index (κ3) is 2.32. The van der Waals surface area contributed by atoms with E-state index in [1.807, 2.05) is 17.8 Å². The fourth-order valence-corrected chi connectivity index (χ4v) is 1.95. The molecule has 0 radical (unpaired) electrons. The highest BCUT2D eigenvalue weighted by atomic mass is 19.1. The molecule has 0 aliphatic carbocycles. The molecule has 2 rings (SSSR count). The second kappa shape index (κ2) is 5.12. The largest absolute Gasteiger partial charge is 0.298 e. The predicted molar refractivity (Wildman–Crippen MR) is 68.0 cm³/mol. The van der Waals surface area contributed by atoms with Crippen LogP contribution < -0.4 is 0 Å². The molecule has 0 aliphatic rings. The minimum atomic E-state index is -0.493. The van der Waals surface area contributed by atoms with Crippen molar-refractivity contribution in [3.8, 4) is 11.1 Å². The second-order valence-corrected chi connectivity index (χ2v) is 4.25. The van der Waals surface area contributed by atoms with Crippen LogP contribution in [0.15, 0.2) is 24.4 Å². The van der Waals surface area contributed by atoms with E-state index in [1.165, 1.54) is 6.07 Å². The summed E-state index contributed by atoms with van der Waals surface area (Å²) in [5.74, 6) is -0.493. The van der Waals surface area contributed by atoms with Gasteiger partial charge in [-0.15, -0.1) is 0 Å². The number of aryl methyl sites for hydroxylation is 2. The van der Waals surface area contributed by atoms with Gasteiger partial charge >= 0.3 is 0 Å². The lowest BCUT2D eigenvalue weighted by atomic mass is 10.0. The molecule has 2 aromatic rings. The van der Waals surface area contributed by atoms with Crippen LogP contribution in [0.25, 0.3) is 11.1 Å². The number of rotatable bonds is 4. The summed E-state index contributed by atoms with van der Waals surface area (Å²) in [5.41, 5.74) is 2.71. The van der Waals surface area contributed by atoms with Gasteiger partial charge in [-0.05, 0) is 31.0 Å². The van der Waals surface area contributed by atoms with Crippen molar-refractivity contribution in [2.45, 2.75) is 26.8 Å². The number of halogens is 1. The van der Waals surface area contributed by atoms with Crippen LogP contribution in [-0.4, -0.2) is 16.1 Å². The number of hydrogen-bond acceptors (Lipinski definition) is 2. The molecule has 1 aromatic carbocycles. The highest BCUT2D eigenvalue weighted by molar-refractivity contribution is 5.79. The van der Waals surface area contributed by atoms with Gasteiger partial charge < -0.3 is 0 Å². The SMILES string of the molecule is CCCn1cc(-c2ccc(F)c(C=O)c2)c(C)n1. The van der Waals surface area contributed by atoms with Gasteiger partial charge in [0.2, 0.25) is 0 Å². The van der Waals surface area contributed by atoms with Gasteiger partial charge in [0.1, 0.15) is 5.82 Å². The summed E-state index contributed by atoms with van der Waals surface area (Å²) in [6.45, 7) is 4.84. The zero-order chi connectivity index (χ0) is 13.1. The van der Waals surface area contributed by atoms with Crippen LogP contribution in [0.2, 0.25) is 0 Å². The van der Waals surface area contributed by atoms with Gasteiger partial charge in [-0.25, -0.2) is 4.39 Å². The van der Waals surface area contributed by atoms with Gasteiger partial charge in [0.05, 0.1) is 11.3 Å².